The highest BCUT2D eigenvalue weighted by Crippen LogP contribution is 2.37. The van der Waals surface area contributed by atoms with E-state index in [1.807, 2.05) is 0 Å². The smallest absolute Gasteiger partial charge is 0.284 e. The van der Waals surface area contributed by atoms with Gasteiger partial charge < -0.3 is 29.0 Å². The van der Waals surface area contributed by atoms with E-state index in [0.29, 0.717) is 54.3 Å². The molecule has 1 aliphatic rings. The molecule has 1 aliphatic heterocycles. The molecule has 1 N–H and O–H groups in total. The highest BCUT2D eigenvalue weighted by atomic mass is 19.1. The molecular formula is C34H33F2N5O7. The lowest BCUT2D eigenvalue weighted by molar-refractivity contribution is 0.102. The van der Waals surface area contributed by atoms with Crippen LogP contribution in [0.3, 0.4) is 0 Å². The maximum absolute atomic E-state index is 15.4. The van der Waals surface area contributed by atoms with Gasteiger partial charge in [0, 0.05) is 32.9 Å². The topological polar surface area (TPSA) is 128 Å². The molecule has 1 amide bonds. The summed E-state index contributed by atoms with van der Waals surface area (Å²) in [7, 11) is 3.13. The van der Waals surface area contributed by atoms with Crippen LogP contribution >= 0.6 is 0 Å². The monoisotopic (exact) mass is 661 g/mol. The van der Waals surface area contributed by atoms with Crippen molar-refractivity contribution < 1.29 is 37.3 Å². The van der Waals surface area contributed by atoms with E-state index in [0.717, 1.165) is 18.9 Å². The zero-order valence-corrected chi connectivity index (χ0v) is 26.3. The number of aromatic nitrogens is 4. The first-order chi connectivity index (χ1) is 23.4. The molecule has 0 radical (unpaired) electrons. The number of fused-ring (bicyclic) bond motifs is 2. The lowest BCUT2D eigenvalue weighted by Crippen LogP contribution is -2.26. The van der Waals surface area contributed by atoms with Crippen LogP contribution in [0.2, 0.25) is 0 Å². The number of ether oxygens (including phenoxy) is 5. The van der Waals surface area contributed by atoms with Crippen molar-refractivity contribution in [3.63, 3.8) is 0 Å². The fraction of sp³-hybridized carbons (Fsp3) is 0.294. The fourth-order valence-electron chi connectivity index (χ4n) is 5.50. The Morgan fingerprint density at radius 1 is 0.896 bits per heavy atom. The first kappa shape index (κ1) is 32.6. The number of rotatable bonds is 13. The molecule has 0 aliphatic carbocycles. The second-order valence-electron chi connectivity index (χ2n) is 10.8. The van der Waals surface area contributed by atoms with E-state index < -0.39 is 23.1 Å². The van der Waals surface area contributed by atoms with Gasteiger partial charge in [-0.25, -0.2) is 23.4 Å². The highest BCUT2D eigenvalue weighted by molar-refractivity contribution is 6.05. The molecule has 14 heteroatoms. The van der Waals surface area contributed by atoms with Crippen molar-refractivity contribution >= 4 is 22.5 Å². The number of carbonyl (C=O) groups is 1. The van der Waals surface area contributed by atoms with Gasteiger partial charge in [-0.2, -0.15) is 0 Å². The first-order valence-corrected chi connectivity index (χ1v) is 15.3. The van der Waals surface area contributed by atoms with Crippen LogP contribution in [0.4, 0.5) is 14.5 Å². The lowest BCUT2D eigenvalue weighted by atomic mass is 10.1. The van der Waals surface area contributed by atoms with Crippen LogP contribution in [0, 0.1) is 11.6 Å². The molecule has 0 saturated heterocycles. The van der Waals surface area contributed by atoms with Crippen LogP contribution in [0.1, 0.15) is 28.9 Å². The van der Waals surface area contributed by atoms with E-state index in [-0.39, 0.29) is 41.8 Å². The molecule has 0 atom stereocenters. The molecule has 0 fully saturated rings. The Kier molecular flexibility index (Phi) is 9.92. The Morgan fingerprint density at radius 2 is 1.65 bits per heavy atom. The Bertz CT molecular complexity index is 2010. The quantitative estimate of drug-likeness (QED) is 0.167. The maximum atomic E-state index is 15.4. The Balaban J connectivity index is 1.25. The highest BCUT2D eigenvalue weighted by Gasteiger charge is 2.29. The van der Waals surface area contributed by atoms with Crippen LogP contribution in [0.25, 0.3) is 16.6 Å². The van der Waals surface area contributed by atoms with Crippen LogP contribution in [-0.4, -0.2) is 65.9 Å². The van der Waals surface area contributed by atoms with Crippen molar-refractivity contribution in [2.75, 3.05) is 46.0 Å². The van der Waals surface area contributed by atoms with Crippen LogP contribution in [0.15, 0.2) is 65.7 Å². The van der Waals surface area contributed by atoms with E-state index in [1.54, 1.807) is 37.1 Å². The number of halogens is 2. The molecular weight excluding hydrogens is 628 g/mol. The molecule has 3 heterocycles. The third-order valence-electron chi connectivity index (χ3n) is 7.75. The maximum Gasteiger partial charge on any atom is 0.284 e. The van der Waals surface area contributed by atoms with Crippen molar-refractivity contribution in [3.05, 3.63) is 94.2 Å². The second-order valence-corrected chi connectivity index (χ2v) is 10.8. The zero-order chi connectivity index (χ0) is 33.6. The zero-order valence-electron chi connectivity index (χ0n) is 26.3. The lowest BCUT2D eigenvalue weighted by Gasteiger charge is -2.19. The number of benzene rings is 3. The van der Waals surface area contributed by atoms with E-state index >= 15 is 4.39 Å². The predicted octanol–water partition coefficient (Wildman–Crippen LogP) is 5.29. The standard InChI is InChI=1S/C34H33F2N5O7/c1-44-13-15-46-29-18-22-26(19-30(29)47-16-14-45-2)37-20-38-33(22)48-21-10-11-25(24(36)17-21)39-32(42)31-28-9-5-6-12-40(28)41(34(31)43)27-8-4-3-7-23(27)35/h3-4,7-8,10-11,17-20H,5-6,9,12-16H2,1-2H3,(H,39,42). The molecule has 5 aromatic rings. The molecule has 0 saturated carbocycles. The van der Waals surface area contributed by atoms with Crippen LogP contribution < -0.4 is 25.1 Å². The first-order valence-electron chi connectivity index (χ1n) is 15.3. The predicted molar refractivity (Wildman–Crippen MR) is 172 cm³/mol. The van der Waals surface area contributed by atoms with Gasteiger partial charge in [-0.15, -0.1) is 0 Å². The minimum atomic E-state index is -0.806. The van der Waals surface area contributed by atoms with Gasteiger partial charge in [-0.3, -0.25) is 14.3 Å². The minimum absolute atomic E-state index is 0.0399. The summed E-state index contributed by atoms with van der Waals surface area (Å²) < 4.78 is 60.7. The molecule has 250 valence electrons. The Hall–Kier alpha value is -5.34. The molecule has 48 heavy (non-hydrogen) atoms. The second kappa shape index (κ2) is 14.6. The summed E-state index contributed by atoms with van der Waals surface area (Å²) in [5.41, 5.74) is 0.00786. The van der Waals surface area contributed by atoms with E-state index in [4.69, 9.17) is 23.7 Å². The number of amides is 1. The number of anilines is 1. The number of carbonyl (C=O) groups excluding carboxylic acids is 1. The summed E-state index contributed by atoms with van der Waals surface area (Å²) in [5, 5.41) is 2.99. The number of nitrogens with one attached hydrogen (secondary N) is 1. The Labute approximate surface area is 273 Å². The SMILES string of the molecule is COCCOc1cc2ncnc(Oc3ccc(NC(=O)c4c5n(n(-c6ccccc6F)c4=O)CCCC5)c(F)c3)c2cc1OCCOC. The molecule has 0 unspecified atom stereocenters. The van der Waals surface area contributed by atoms with E-state index in [2.05, 4.69) is 15.3 Å². The van der Waals surface area contributed by atoms with Gasteiger partial charge in [0.1, 0.15) is 48.2 Å². The summed E-state index contributed by atoms with van der Waals surface area (Å²) in [6.45, 7) is 1.70. The fourth-order valence-corrected chi connectivity index (χ4v) is 5.50. The molecule has 0 spiro atoms. The number of hydrogen-bond donors (Lipinski definition) is 1. The van der Waals surface area contributed by atoms with Gasteiger partial charge in [0.05, 0.1) is 35.5 Å². The number of hydrogen-bond acceptors (Lipinski definition) is 9. The van der Waals surface area contributed by atoms with Crippen molar-refractivity contribution in [1.29, 1.82) is 0 Å². The Morgan fingerprint density at radius 3 is 2.38 bits per heavy atom. The average Bonchev–Trinajstić information content (AvgIpc) is 3.38. The van der Waals surface area contributed by atoms with E-state index in [1.165, 1.54) is 41.3 Å². The molecule has 6 rings (SSSR count). The summed E-state index contributed by atoms with van der Waals surface area (Å²) in [6.07, 6.45) is 3.27. The van der Waals surface area contributed by atoms with E-state index in [9.17, 15) is 14.0 Å². The van der Waals surface area contributed by atoms with Gasteiger partial charge in [0.15, 0.2) is 11.5 Å². The summed E-state index contributed by atoms with van der Waals surface area (Å²) in [6, 6.07) is 13.1. The van der Waals surface area contributed by atoms with Crippen LogP contribution in [0.5, 0.6) is 23.1 Å². The number of para-hydroxylation sites is 1. The summed E-state index contributed by atoms with van der Waals surface area (Å²) in [5.74, 6) is -1.13. The van der Waals surface area contributed by atoms with Gasteiger partial charge in [0.25, 0.3) is 11.5 Å². The normalized spacial score (nSPS) is 12.5. The minimum Gasteiger partial charge on any atom is -0.487 e. The largest absolute Gasteiger partial charge is 0.487 e. The van der Waals surface area contributed by atoms with Crippen molar-refractivity contribution in [2.24, 2.45) is 0 Å². The molecule has 0 bridgehead atoms. The van der Waals surface area contributed by atoms with Gasteiger partial charge in [0.2, 0.25) is 5.88 Å². The molecule has 2 aromatic heterocycles. The van der Waals surface area contributed by atoms with Crippen molar-refractivity contribution in [2.45, 2.75) is 25.8 Å². The van der Waals surface area contributed by atoms with Gasteiger partial charge in [-0.1, -0.05) is 12.1 Å². The van der Waals surface area contributed by atoms with Gasteiger partial charge in [-0.05, 0) is 49.6 Å². The van der Waals surface area contributed by atoms with Crippen LogP contribution in [-0.2, 0) is 22.4 Å². The van der Waals surface area contributed by atoms with Crippen molar-refractivity contribution in [1.82, 2.24) is 19.3 Å². The van der Waals surface area contributed by atoms with Crippen molar-refractivity contribution in [3.8, 4) is 28.8 Å². The third kappa shape index (κ3) is 6.71. The summed E-state index contributed by atoms with van der Waals surface area (Å²) >= 11 is 0. The average molecular weight is 662 g/mol. The third-order valence-corrected chi connectivity index (χ3v) is 7.75. The molecule has 3 aromatic carbocycles. The number of nitrogens with zero attached hydrogens (tertiary/aromatic N) is 4. The molecule has 12 nitrogen and oxygen atoms in total. The summed E-state index contributed by atoms with van der Waals surface area (Å²) in [4.78, 5) is 35.5. The number of methoxy groups -OCH3 is 2. The van der Waals surface area contributed by atoms with Gasteiger partial charge >= 0.3 is 0 Å².